The number of nitrogens with zero attached hydrogens (tertiary/aromatic N) is 6. The van der Waals surface area contributed by atoms with Crippen molar-refractivity contribution < 1.29 is 18.0 Å². The number of rotatable bonds is 7. The van der Waals surface area contributed by atoms with E-state index in [9.17, 15) is 23.3 Å². The second-order valence-electron chi connectivity index (χ2n) is 11.2. The highest BCUT2D eigenvalue weighted by Gasteiger charge is 2.67. The van der Waals surface area contributed by atoms with E-state index in [0.29, 0.717) is 28.1 Å². The highest BCUT2D eigenvalue weighted by molar-refractivity contribution is 9.11. The summed E-state index contributed by atoms with van der Waals surface area (Å²) in [6.07, 6.45) is 7.99. The van der Waals surface area contributed by atoms with Crippen LogP contribution in [-0.4, -0.2) is 70.4 Å². The molecule has 7 rings (SSSR count). The number of allylic oxidation sites excluding steroid dienone is 1. The van der Waals surface area contributed by atoms with E-state index >= 15 is 0 Å². The van der Waals surface area contributed by atoms with Crippen molar-refractivity contribution in [1.82, 2.24) is 24.1 Å². The maximum absolute atomic E-state index is 15.0. The second kappa shape index (κ2) is 11.0. The first-order valence-corrected chi connectivity index (χ1v) is 17.1. The molecule has 10 nitrogen and oxygen atoms in total. The summed E-state index contributed by atoms with van der Waals surface area (Å²) < 4.78 is 29.3. The van der Waals surface area contributed by atoms with Crippen LogP contribution in [0.15, 0.2) is 105 Å². The van der Waals surface area contributed by atoms with Gasteiger partial charge in [0.2, 0.25) is 0 Å². The topological polar surface area (TPSA) is 128 Å². The van der Waals surface area contributed by atoms with Gasteiger partial charge in [-0.3, -0.25) is 24.5 Å². The van der Waals surface area contributed by atoms with E-state index < -0.39 is 15.6 Å². The number of piperidine rings is 1. The van der Waals surface area contributed by atoms with Gasteiger partial charge in [0, 0.05) is 74.4 Å². The molecule has 3 fully saturated rings. The van der Waals surface area contributed by atoms with Gasteiger partial charge in [-0.15, -0.1) is 11.3 Å². The van der Waals surface area contributed by atoms with Crippen molar-refractivity contribution in [3.63, 3.8) is 0 Å². The molecule has 1 saturated carbocycles. The molecule has 1 amide bonds. The maximum Gasteiger partial charge on any atom is 0.263 e. The van der Waals surface area contributed by atoms with E-state index in [1.165, 1.54) is 21.7 Å². The molecule has 1 aliphatic carbocycles. The van der Waals surface area contributed by atoms with Crippen molar-refractivity contribution in [3.05, 3.63) is 123 Å². The number of carbonyl (C=O) groups excluding carboxylic acids is 2. The molecule has 0 spiro atoms. The van der Waals surface area contributed by atoms with Crippen LogP contribution in [-0.2, 0) is 20.4 Å². The van der Waals surface area contributed by atoms with Crippen molar-refractivity contribution in [3.8, 4) is 6.07 Å². The number of fused-ring (bicyclic) bond motifs is 1. The fourth-order valence-electron chi connectivity index (χ4n) is 6.71. The number of hydrogen-bond acceptors (Lipinski definition) is 9. The van der Waals surface area contributed by atoms with Crippen LogP contribution in [0.5, 0.6) is 0 Å². The van der Waals surface area contributed by atoms with Gasteiger partial charge in [-0.1, -0.05) is 0 Å². The van der Waals surface area contributed by atoms with Gasteiger partial charge in [0.1, 0.15) is 10.0 Å². The van der Waals surface area contributed by atoms with E-state index in [2.05, 4.69) is 32.0 Å². The lowest BCUT2D eigenvalue weighted by molar-refractivity contribution is -0.132. The lowest BCUT2D eigenvalue weighted by atomic mass is 9.82. The first-order chi connectivity index (χ1) is 21.7. The summed E-state index contributed by atoms with van der Waals surface area (Å²) in [7, 11) is -1.88. The number of halogens is 1. The number of sulfonamides is 1. The van der Waals surface area contributed by atoms with Crippen molar-refractivity contribution >= 4 is 49.0 Å². The average Bonchev–Trinajstić information content (AvgIpc) is 3.37. The van der Waals surface area contributed by atoms with Gasteiger partial charge in [0.25, 0.3) is 15.9 Å². The van der Waals surface area contributed by atoms with Gasteiger partial charge >= 0.3 is 0 Å². The summed E-state index contributed by atoms with van der Waals surface area (Å²) >= 11 is 4.52. The molecule has 3 aromatic heterocycles. The summed E-state index contributed by atoms with van der Waals surface area (Å²) in [4.78, 5) is 40.5. The van der Waals surface area contributed by atoms with Crippen LogP contribution in [0.2, 0.25) is 0 Å². The zero-order valence-electron chi connectivity index (χ0n) is 23.8. The number of thiophene rings is 1. The zero-order chi connectivity index (χ0) is 31.5. The Morgan fingerprint density at radius 1 is 0.978 bits per heavy atom. The third kappa shape index (κ3) is 4.63. The third-order valence-corrected chi connectivity index (χ3v) is 12.9. The van der Waals surface area contributed by atoms with Crippen molar-refractivity contribution in [2.75, 3.05) is 20.1 Å². The number of carbonyl (C=O) groups is 2. The van der Waals surface area contributed by atoms with Crippen LogP contribution >= 0.6 is 27.3 Å². The Bertz CT molecular complexity index is 1940. The molecule has 0 radical (unpaired) electrons. The normalized spacial score (nSPS) is 23.3. The van der Waals surface area contributed by atoms with E-state index in [1.807, 2.05) is 4.90 Å². The minimum Gasteiger partial charge on any atom is -0.339 e. The van der Waals surface area contributed by atoms with Gasteiger partial charge in [0.05, 0.1) is 15.4 Å². The first kappa shape index (κ1) is 29.5. The number of ketones is 1. The fourth-order valence-corrected chi connectivity index (χ4v) is 10.4. The molecular formula is C32H25BrN6O4S2. The number of amides is 1. The quantitative estimate of drug-likeness (QED) is 0.207. The molecule has 45 heavy (non-hydrogen) atoms. The van der Waals surface area contributed by atoms with E-state index in [0.717, 1.165) is 3.79 Å². The minimum atomic E-state index is -3.67. The Hall–Kier alpha value is -4.22. The van der Waals surface area contributed by atoms with E-state index in [4.69, 9.17) is 0 Å². The first-order valence-electron chi connectivity index (χ1n) is 14.1. The molecular weight excluding hydrogens is 676 g/mol. The predicted molar refractivity (Wildman–Crippen MR) is 169 cm³/mol. The van der Waals surface area contributed by atoms with Gasteiger partial charge in [0.15, 0.2) is 11.3 Å². The molecule has 13 heteroatoms. The SMILES string of the molecule is CN1C(=CC(=O)c2ccc(C#N)cc2)N([C@H]2[C@@H]3CN(S(=O)(=O)c4ccc(Br)s4)C[C@@H]32)C(=O)C1(c1ccncc1)c1ccncc1. The summed E-state index contributed by atoms with van der Waals surface area (Å²) in [6, 6.07) is 18.6. The van der Waals surface area contributed by atoms with E-state index in [1.54, 1.807) is 97.4 Å². The number of benzene rings is 1. The molecule has 5 heterocycles. The number of pyridine rings is 2. The van der Waals surface area contributed by atoms with Crippen molar-refractivity contribution in [1.29, 1.82) is 5.26 Å². The number of likely N-dealkylation sites (N-methyl/N-ethyl adjacent to an activating group) is 1. The van der Waals surface area contributed by atoms with E-state index in [-0.39, 0.29) is 46.9 Å². The van der Waals surface area contributed by atoms with Crippen LogP contribution in [0.3, 0.4) is 0 Å². The van der Waals surface area contributed by atoms with Crippen LogP contribution in [0, 0.1) is 23.2 Å². The van der Waals surface area contributed by atoms with Crippen LogP contribution < -0.4 is 0 Å². The highest BCUT2D eigenvalue weighted by atomic mass is 79.9. The Labute approximate surface area is 272 Å². The zero-order valence-corrected chi connectivity index (χ0v) is 27.0. The molecule has 3 atom stereocenters. The Balaban J connectivity index is 1.30. The van der Waals surface area contributed by atoms with Crippen LogP contribution in [0.4, 0.5) is 0 Å². The number of nitriles is 1. The van der Waals surface area contributed by atoms with Gasteiger partial charge < -0.3 is 4.90 Å². The minimum absolute atomic E-state index is 0.0976. The fraction of sp³-hybridized carbons (Fsp3) is 0.219. The monoisotopic (exact) mass is 700 g/mol. The van der Waals surface area contributed by atoms with Crippen LogP contribution in [0.1, 0.15) is 27.0 Å². The van der Waals surface area contributed by atoms with Gasteiger partial charge in [-0.2, -0.15) is 9.57 Å². The smallest absolute Gasteiger partial charge is 0.263 e. The molecule has 0 unspecified atom stereocenters. The van der Waals surface area contributed by atoms with Crippen molar-refractivity contribution in [2.45, 2.75) is 15.8 Å². The molecule has 2 saturated heterocycles. The molecule has 0 N–H and O–H groups in total. The molecule has 226 valence electrons. The second-order valence-corrected chi connectivity index (χ2v) is 15.8. The Kier molecular flexibility index (Phi) is 7.20. The summed E-state index contributed by atoms with van der Waals surface area (Å²) in [5, 5.41) is 9.20. The Morgan fingerprint density at radius 2 is 1.56 bits per heavy atom. The Morgan fingerprint density at radius 3 is 2.07 bits per heavy atom. The van der Waals surface area contributed by atoms with Gasteiger partial charge in [-0.05, 0) is 87.7 Å². The maximum atomic E-state index is 15.0. The predicted octanol–water partition coefficient (Wildman–Crippen LogP) is 4.23. The van der Waals surface area contributed by atoms with Crippen LogP contribution in [0.25, 0.3) is 0 Å². The highest BCUT2D eigenvalue weighted by Crippen LogP contribution is 2.56. The summed E-state index contributed by atoms with van der Waals surface area (Å²) in [5.41, 5.74) is 0.836. The van der Waals surface area contributed by atoms with Crippen molar-refractivity contribution in [2.24, 2.45) is 11.8 Å². The molecule has 1 aromatic carbocycles. The summed E-state index contributed by atoms with van der Waals surface area (Å²) in [6.45, 7) is 0.546. The molecule has 3 aliphatic rings. The van der Waals surface area contributed by atoms with Gasteiger partial charge in [-0.25, -0.2) is 8.42 Å². The number of hydrogen-bond donors (Lipinski definition) is 0. The lowest BCUT2D eigenvalue weighted by Crippen LogP contribution is -2.46. The largest absolute Gasteiger partial charge is 0.339 e. The summed E-state index contributed by atoms with van der Waals surface area (Å²) in [5.74, 6) is -0.340. The molecule has 0 bridgehead atoms. The third-order valence-electron chi connectivity index (χ3n) is 8.93. The molecule has 4 aromatic rings. The lowest BCUT2D eigenvalue weighted by Gasteiger charge is -2.35. The number of aromatic nitrogens is 2. The molecule has 2 aliphatic heterocycles. The standard InChI is InChI=1S/C32H25BrN6O4S2/c1-37-28(16-26(40)21-4-2-20(17-34)3-5-21)39(30-24-18-38(19-25(24)30)45(42,43)29-7-6-27(33)44-29)31(41)32(37,22-8-12-35-13-9-22)23-10-14-36-15-11-23/h2-16,24-25,30H,18-19H2,1H3/t24-,25+,30+. The average molecular weight is 702 g/mol.